The lowest BCUT2D eigenvalue weighted by molar-refractivity contribution is -0.118. The summed E-state index contributed by atoms with van der Waals surface area (Å²) in [6, 6.07) is 4.21. The van der Waals surface area contributed by atoms with Crippen LogP contribution < -0.4 is 10.6 Å². The predicted octanol–water partition coefficient (Wildman–Crippen LogP) is 2.53. The number of amides is 2. The highest BCUT2D eigenvalue weighted by atomic mass is 19.1. The van der Waals surface area contributed by atoms with E-state index in [1.165, 1.54) is 12.1 Å². The van der Waals surface area contributed by atoms with Crippen LogP contribution in [0, 0.1) is 19.7 Å². The number of aryl methyl sites for hydroxylation is 1. The molecule has 0 saturated carbocycles. The zero-order valence-corrected chi connectivity index (χ0v) is 16.4. The highest BCUT2D eigenvalue weighted by molar-refractivity contribution is 6.34. The molecule has 8 heteroatoms. The maximum Gasteiger partial charge on any atom is 0.256 e. The second-order valence-electron chi connectivity index (χ2n) is 7.30. The van der Waals surface area contributed by atoms with Crippen molar-refractivity contribution >= 4 is 34.8 Å². The van der Waals surface area contributed by atoms with E-state index in [0.29, 0.717) is 48.0 Å². The number of morpholine rings is 1. The number of aromatic amines is 1. The fourth-order valence-electron chi connectivity index (χ4n) is 3.70. The Balaban J connectivity index is 1.56. The third kappa shape index (κ3) is 3.94. The van der Waals surface area contributed by atoms with Gasteiger partial charge in [0.25, 0.3) is 5.91 Å². The van der Waals surface area contributed by atoms with Crippen LogP contribution in [0.5, 0.6) is 0 Å². The molecule has 1 aromatic carbocycles. The van der Waals surface area contributed by atoms with Crippen LogP contribution in [0.2, 0.25) is 0 Å². The van der Waals surface area contributed by atoms with Gasteiger partial charge in [-0.15, -0.1) is 0 Å². The third-order valence-electron chi connectivity index (χ3n) is 5.26. The molecule has 2 amide bonds. The second kappa shape index (κ2) is 7.81. The molecule has 29 heavy (non-hydrogen) atoms. The SMILES string of the molecule is Cc1[nH]c(/C=C2\C(=O)Nc3ccc(F)cc32)c(C)c1NC(=O)CN1CCOCC1. The Morgan fingerprint density at radius 3 is 2.83 bits per heavy atom. The number of halogens is 1. The summed E-state index contributed by atoms with van der Waals surface area (Å²) in [5, 5.41) is 5.71. The van der Waals surface area contributed by atoms with Crippen LogP contribution >= 0.6 is 0 Å². The molecule has 3 N–H and O–H groups in total. The number of nitrogens with one attached hydrogen (secondary N) is 3. The van der Waals surface area contributed by atoms with Gasteiger partial charge < -0.3 is 20.4 Å². The number of rotatable bonds is 4. The fraction of sp³-hybridized carbons (Fsp3) is 0.333. The Kier molecular flexibility index (Phi) is 5.21. The average molecular weight is 398 g/mol. The largest absolute Gasteiger partial charge is 0.379 e. The molecule has 0 spiro atoms. The zero-order chi connectivity index (χ0) is 20.5. The van der Waals surface area contributed by atoms with Gasteiger partial charge in [0.2, 0.25) is 5.91 Å². The van der Waals surface area contributed by atoms with Gasteiger partial charge in [-0.05, 0) is 43.7 Å². The van der Waals surface area contributed by atoms with E-state index in [2.05, 4.69) is 15.6 Å². The monoisotopic (exact) mass is 398 g/mol. The number of carbonyl (C=O) groups is 2. The minimum Gasteiger partial charge on any atom is -0.379 e. The number of anilines is 2. The number of benzene rings is 1. The van der Waals surface area contributed by atoms with Crippen molar-refractivity contribution < 1.29 is 18.7 Å². The third-order valence-corrected chi connectivity index (χ3v) is 5.26. The van der Waals surface area contributed by atoms with Gasteiger partial charge in [-0.25, -0.2) is 4.39 Å². The van der Waals surface area contributed by atoms with E-state index >= 15 is 0 Å². The molecule has 0 unspecified atom stereocenters. The summed E-state index contributed by atoms with van der Waals surface area (Å²) in [7, 11) is 0. The number of ether oxygens (including phenoxy) is 1. The van der Waals surface area contributed by atoms with E-state index in [-0.39, 0.29) is 11.8 Å². The molecular formula is C21H23FN4O3. The van der Waals surface area contributed by atoms with E-state index in [4.69, 9.17) is 4.74 Å². The van der Waals surface area contributed by atoms with Crippen molar-refractivity contribution in [2.45, 2.75) is 13.8 Å². The van der Waals surface area contributed by atoms with Gasteiger partial charge in [-0.2, -0.15) is 0 Å². The van der Waals surface area contributed by atoms with Gasteiger partial charge in [0.15, 0.2) is 0 Å². The number of fused-ring (bicyclic) bond motifs is 1. The zero-order valence-electron chi connectivity index (χ0n) is 16.4. The molecule has 152 valence electrons. The number of carbonyl (C=O) groups excluding carboxylic acids is 2. The molecule has 2 aliphatic rings. The summed E-state index contributed by atoms with van der Waals surface area (Å²) < 4.78 is 19.0. The molecule has 0 radical (unpaired) electrons. The van der Waals surface area contributed by atoms with Crippen LogP contribution in [-0.4, -0.2) is 54.5 Å². The van der Waals surface area contributed by atoms with Crippen LogP contribution in [0.25, 0.3) is 11.6 Å². The Bertz CT molecular complexity index is 1010. The Morgan fingerprint density at radius 1 is 1.31 bits per heavy atom. The number of hydrogen-bond acceptors (Lipinski definition) is 4. The number of nitrogens with zero attached hydrogens (tertiary/aromatic N) is 1. The summed E-state index contributed by atoms with van der Waals surface area (Å²) >= 11 is 0. The lowest BCUT2D eigenvalue weighted by Crippen LogP contribution is -2.41. The first-order valence-electron chi connectivity index (χ1n) is 9.54. The first kappa shape index (κ1) is 19.4. The average Bonchev–Trinajstić information content (AvgIpc) is 3.13. The molecule has 3 heterocycles. The number of H-pyrrole nitrogens is 1. The molecule has 2 aliphatic heterocycles. The summed E-state index contributed by atoms with van der Waals surface area (Å²) in [4.78, 5) is 30.1. The van der Waals surface area contributed by atoms with Gasteiger partial charge >= 0.3 is 0 Å². The van der Waals surface area contributed by atoms with Crippen LogP contribution in [0.3, 0.4) is 0 Å². The second-order valence-corrected chi connectivity index (χ2v) is 7.30. The van der Waals surface area contributed by atoms with Gasteiger partial charge in [-0.1, -0.05) is 0 Å². The first-order chi connectivity index (χ1) is 13.9. The van der Waals surface area contributed by atoms with Crippen LogP contribution in [0.1, 0.15) is 22.5 Å². The molecule has 1 aromatic heterocycles. The van der Waals surface area contributed by atoms with Crippen molar-refractivity contribution in [3.63, 3.8) is 0 Å². The van der Waals surface area contributed by atoms with Crippen LogP contribution in [0.4, 0.5) is 15.8 Å². The van der Waals surface area contributed by atoms with Crippen molar-refractivity contribution in [1.29, 1.82) is 0 Å². The molecule has 4 rings (SSSR count). The van der Waals surface area contributed by atoms with E-state index in [0.717, 1.165) is 24.3 Å². The van der Waals surface area contributed by atoms with Gasteiger partial charge in [0.1, 0.15) is 5.82 Å². The van der Waals surface area contributed by atoms with Crippen molar-refractivity contribution in [3.05, 3.63) is 46.5 Å². The highest BCUT2D eigenvalue weighted by Crippen LogP contribution is 2.35. The number of aromatic nitrogens is 1. The maximum absolute atomic E-state index is 13.7. The van der Waals surface area contributed by atoms with Gasteiger partial charge in [0.05, 0.1) is 31.0 Å². The topological polar surface area (TPSA) is 86.5 Å². The van der Waals surface area contributed by atoms with Crippen LogP contribution in [-0.2, 0) is 14.3 Å². The van der Waals surface area contributed by atoms with Crippen molar-refractivity contribution in [2.24, 2.45) is 0 Å². The lowest BCUT2D eigenvalue weighted by Gasteiger charge is -2.25. The Labute approximate surface area is 167 Å². The molecule has 1 fully saturated rings. The molecule has 0 bridgehead atoms. The number of hydrogen-bond donors (Lipinski definition) is 3. The summed E-state index contributed by atoms with van der Waals surface area (Å²) in [6.45, 7) is 6.79. The summed E-state index contributed by atoms with van der Waals surface area (Å²) in [5.41, 5.74) is 4.52. The molecule has 0 atom stereocenters. The van der Waals surface area contributed by atoms with Gasteiger partial charge in [-0.3, -0.25) is 14.5 Å². The molecular weight excluding hydrogens is 375 g/mol. The predicted molar refractivity (Wildman–Crippen MR) is 109 cm³/mol. The Hall–Kier alpha value is -2.97. The standard InChI is InChI=1S/C21H23FN4O3/c1-12-18(10-16-15-9-14(22)3-4-17(15)24-21(16)28)23-13(2)20(12)25-19(27)11-26-5-7-29-8-6-26/h3-4,9-10,23H,5-8,11H2,1-2H3,(H,24,28)(H,25,27)/b16-10-. The molecule has 2 aromatic rings. The van der Waals surface area contributed by atoms with E-state index in [9.17, 15) is 14.0 Å². The molecule has 7 nitrogen and oxygen atoms in total. The first-order valence-corrected chi connectivity index (χ1v) is 9.54. The Morgan fingerprint density at radius 2 is 2.07 bits per heavy atom. The fourth-order valence-corrected chi connectivity index (χ4v) is 3.70. The molecule has 1 saturated heterocycles. The van der Waals surface area contributed by atoms with E-state index in [1.54, 1.807) is 12.1 Å². The quantitative estimate of drug-likeness (QED) is 0.691. The molecule has 0 aliphatic carbocycles. The smallest absolute Gasteiger partial charge is 0.256 e. The lowest BCUT2D eigenvalue weighted by atomic mass is 10.0. The van der Waals surface area contributed by atoms with Crippen molar-refractivity contribution in [3.8, 4) is 0 Å². The van der Waals surface area contributed by atoms with Gasteiger partial charge in [0, 0.05) is 35.7 Å². The maximum atomic E-state index is 13.7. The van der Waals surface area contributed by atoms with E-state index < -0.39 is 5.82 Å². The highest BCUT2D eigenvalue weighted by Gasteiger charge is 2.25. The summed E-state index contributed by atoms with van der Waals surface area (Å²) in [5.74, 6) is -0.779. The normalized spacial score (nSPS) is 18.0. The minimum absolute atomic E-state index is 0.0951. The minimum atomic E-state index is -0.401. The van der Waals surface area contributed by atoms with Crippen LogP contribution in [0.15, 0.2) is 18.2 Å². The van der Waals surface area contributed by atoms with Crippen molar-refractivity contribution in [2.75, 3.05) is 43.5 Å². The van der Waals surface area contributed by atoms with Crippen molar-refractivity contribution in [1.82, 2.24) is 9.88 Å². The summed E-state index contributed by atoms with van der Waals surface area (Å²) in [6.07, 6.45) is 1.70. The van der Waals surface area contributed by atoms with E-state index in [1.807, 2.05) is 18.7 Å².